The summed E-state index contributed by atoms with van der Waals surface area (Å²) in [6, 6.07) is 17.5. The maximum absolute atomic E-state index is 12.8. The average molecular weight is 345 g/mol. The lowest BCUT2D eigenvalue weighted by Crippen LogP contribution is -2.29. The van der Waals surface area contributed by atoms with Crippen LogP contribution in [0.2, 0.25) is 0 Å². The second-order valence-electron chi connectivity index (χ2n) is 6.16. The summed E-state index contributed by atoms with van der Waals surface area (Å²) in [4.78, 5) is 17.5. The lowest BCUT2D eigenvalue weighted by Gasteiger charge is -2.30. The Kier molecular flexibility index (Phi) is 4.05. The minimum absolute atomic E-state index is 0.175. The van der Waals surface area contributed by atoms with Crippen LogP contribution < -0.4 is 5.32 Å². The first kappa shape index (κ1) is 16.1. The van der Waals surface area contributed by atoms with E-state index >= 15 is 0 Å². The van der Waals surface area contributed by atoms with Crippen LogP contribution in [0.5, 0.6) is 0 Å². The first-order valence-corrected chi connectivity index (χ1v) is 8.48. The second kappa shape index (κ2) is 6.52. The zero-order valence-corrected chi connectivity index (χ0v) is 14.5. The van der Waals surface area contributed by atoms with Crippen molar-refractivity contribution in [3.63, 3.8) is 0 Å². The normalized spacial score (nSPS) is 16.1. The molecule has 0 aliphatic carbocycles. The Labute approximate surface area is 151 Å². The molecular formula is C21H19N3O2. The van der Waals surface area contributed by atoms with Gasteiger partial charge in [-0.3, -0.25) is 4.57 Å². The number of nitrogens with one attached hydrogen (secondary N) is 1. The summed E-state index contributed by atoms with van der Waals surface area (Å²) in [6.45, 7) is 5.67. The van der Waals surface area contributed by atoms with Crippen molar-refractivity contribution in [2.75, 3.05) is 11.9 Å². The Morgan fingerprint density at radius 1 is 1.23 bits per heavy atom. The van der Waals surface area contributed by atoms with Gasteiger partial charge in [0.1, 0.15) is 6.61 Å². The highest BCUT2D eigenvalue weighted by Crippen LogP contribution is 2.39. The SMILES string of the molecule is C=CCOC(=O)C1=C(C)Nc2nc3ccccc3n2[C@@H]1c1ccccc1. The molecule has 2 aromatic carbocycles. The number of nitrogens with zero attached hydrogens (tertiary/aromatic N) is 2. The number of imidazole rings is 1. The van der Waals surface area contributed by atoms with Crippen molar-refractivity contribution in [2.24, 2.45) is 0 Å². The van der Waals surface area contributed by atoms with E-state index in [1.54, 1.807) is 6.08 Å². The lowest BCUT2D eigenvalue weighted by molar-refractivity contribution is -0.138. The summed E-state index contributed by atoms with van der Waals surface area (Å²) in [6.07, 6.45) is 1.57. The van der Waals surface area contributed by atoms with Gasteiger partial charge in [-0.05, 0) is 24.6 Å². The van der Waals surface area contributed by atoms with Gasteiger partial charge in [-0.15, -0.1) is 0 Å². The quantitative estimate of drug-likeness (QED) is 0.572. The smallest absolute Gasteiger partial charge is 0.338 e. The number of fused-ring (bicyclic) bond motifs is 3. The maximum atomic E-state index is 12.8. The van der Waals surface area contributed by atoms with Crippen LogP contribution in [-0.4, -0.2) is 22.1 Å². The molecule has 1 atom stereocenters. The fourth-order valence-electron chi connectivity index (χ4n) is 3.39. The molecule has 2 heterocycles. The number of para-hydroxylation sites is 2. The Morgan fingerprint density at radius 3 is 2.73 bits per heavy atom. The number of benzene rings is 2. The molecule has 5 heteroatoms. The second-order valence-corrected chi connectivity index (χ2v) is 6.16. The molecule has 1 aliphatic rings. The largest absolute Gasteiger partial charge is 0.458 e. The molecule has 130 valence electrons. The molecule has 5 nitrogen and oxygen atoms in total. The van der Waals surface area contributed by atoms with Gasteiger partial charge >= 0.3 is 5.97 Å². The third kappa shape index (κ3) is 2.58. The van der Waals surface area contributed by atoms with Crippen LogP contribution in [0.1, 0.15) is 18.5 Å². The first-order valence-electron chi connectivity index (χ1n) is 8.48. The number of carbonyl (C=O) groups is 1. The summed E-state index contributed by atoms with van der Waals surface area (Å²) < 4.78 is 7.43. The molecule has 0 unspecified atom stereocenters. The number of allylic oxidation sites excluding steroid dienone is 1. The van der Waals surface area contributed by atoms with Gasteiger partial charge in [0.15, 0.2) is 0 Å². The van der Waals surface area contributed by atoms with E-state index < -0.39 is 0 Å². The number of esters is 1. The molecule has 26 heavy (non-hydrogen) atoms. The van der Waals surface area contributed by atoms with Gasteiger partial charge in [0.05, 0.1) is 22.6 Å². The summed E-state index contributed by atoms with van der Waals surface area (Å²) in [5.41, 5.74) is 4.17. The Balaban J connectivity index is 1.94. The van der Waals surface area contributed by atoms with Crippen LogP contribution in [-0.2, 0) is 9.53 Å². The summed E-state index contributed by atoms with van der Waals surface area (Å²) in [7, 11) is 0. The van der Waals surface area contributed by atoms with E-state index in [0.717, 1.165) is 28.2 Å². The molecule has 0 bridgehead atoms. The summed E-state index contributed by atoms with van der Waals surface area (Å²) >= 11 is 0. The van der Waals surface area contributed by atoms with E-state index in [0.29, 0.717) is 5.57 Å². The first-order chi connectivity index (χ1) is 12.7. The minimum Gasteiger partial charge on any atom is -0.458 e. The van der Waals surface area contributed by atoms with E-state index in [1.807, 2.05) is 61.5 Å². The molecular weight excluding hydrogens is 326 g/mol. The van der Waals surface area contributed by atoms with Gasteiger partial charge in [-0.2, -0.15) is 0 Å². The number of anilines is 1. The molecule has 0 fully saturated rings. The van der Waals surface area contributed by atoms with Crippen LogP contribution in [0.4, 0.5) is 5.95 Å². The maximum Gasteiger partial charge on any atom is 0.338 e. The molecule has 0 radical (unpaired) electrons. The van der Waals surface area contributed by atoms with Gasteiger partial charge < -0.3 is 10.1 Å². The number of hydrogen-bond acceptors (Lipinski definition) is 4. The molecule has 4 rings (SSSR count). The van der Waals surface area contributed by atoms with E-state index in [-0.39, 0.29) is 18.6 Å². The van der Waals surface area contributed by atoms with E-state index in [9.17, 15) is 4.79 Å². The minimum atomic E-state index is -0.354. The highest BCUT2D eigenvalue weighted by molar-refractivity contribution is 5.94. The zero-order chi connectivity index (χ0) is 18.1. The Morgan fingerprint density at radius 2 is 1.96 bits per heavy atom. The van der Waals surface area contributed by atoms with Crippen molar-refractivity contribution in [2.45, 2.75) is 13.0 Å². The molecule has 1 aliphatic heterocycles. The number of aromatic nitrogens is 2. The third-order valence-corrected chi connectivity index (χ3v) is 4.50. The van der Waals surface area contributed by atoms with Gasteiger partial charge in [0, 0.05) is 5.70 Å². The van der Waals surface area contributed by atoms with Crippen molar-refractivity contribution in [1.82, 2.24) is 9.55 Å². The summed E-state index contributed by atoms with van der Waals surface area (Å²) in [5.74, 6) is 0.366. The van der Waals surface area contributed by atoms with Crippen LogP contribution in [0.3, 0.4) is 0 Å². The highest BCUT2D eigenvalue weighted by atomic mass is 16.5. The van der Waals surface area contributed by atoms with Gasteiger partial charge in [-0.25, -0.2) is 9.78 Å². The van der Waals surface area contributed by atoms with Crippen molar-refractivity contribution in [1.29, 1.82) is 0 Å². The van der Waals surface area contributed by atoms with Crippen molar-refractivity contribution >= 4 is 23.0 Å². The summed E-state index contributed by atoms with van der Waals surface area (Å²) in [5, 5.41) is 3.26. The molecule has 0 saturated carbocycles. The van der Waals surface area contributed by atoms with Crippen LogP contribution >= 0.6 is 0 Å². The van der Waals surface area contributed by atoms with Gasteiger partial charge in [-0.1, -0.05) is 55.1 Å². The van der Waals surface area contributed by atoms with E-state index in [2.05, 4.69) is 21.4 Å². The molecule has 0 amide bonds. The zero-order valence-electron chi connectivity index (χ0n) is 14.5. The number of carbonyl (C=O) groups excluding carboxylic acids is 1. The predicted molar refractivity (Wildman–Crippen MR) is 102 cm³/mol. The molecule has 3 aromatic rings. The standard InChI is InChI=1S/C21H19N3O2/c1-3-13-26-20(25)18-14(2)22-21-23-16-11-7-8-12-17(16)24(21)19(18)15-9-5-4-6-10-15/h3-12,19H,1,13H2,2H3,(H,22,23)/t19-/m1/s1. The molecule has 0 saturated heterocycles. The number of hydrogen-bond donors (Lipinski definition) is 1. The molecule has 0 spiro atoms. The van der Waals surface area contributed by atoms with E-state index in [1.165, 1.54) is 0 Å². The third-order valence-electron chi connectivity index (χ3n) is 4.50. The van der Waals surface area contributed by atoms with E-state index in [4.69, 9.17) is 4.74 Å². The Bertz CT molecular complexity index is 1020. The molecule has 1 N–H and O–H groups in total. The monoisotopic (exact) mass is 345 g/mol. The molecule has 1 aromatic heterocycles. The van der Waals surface area contributed by atoms with Crippen LogP contribution in [0, 0.1) is 0 Å². The topological polar surface area (TPSA) is 56.1 Å². The number of ether oxygens (including phenoxy) is 1. The fourth-order valence-corrected chi connectivity index (χ4v) is 3.39. The van der Waals surface area contributed by atoms with Gasteiger partial charge in [0.2, 0.25) is 5.95 Å². The van der Waals surface area contributed by atoms with Crippen molar-refractivity contribution in [3.8, 4) is 0 Å². The van der Waals surface area contributed by atoms with Crippen molar-refractivity contribution in [3.05, 3.63) is 84.1 Å². The van der Waals surface area contributed by atoms with Crippen molar-refractivity contribution < 1.29 is 9.53 Å². The highest BCUT2D eigenvalue weighted by Gasteiger charge is 2.34. The number of rotatable bonds is 4. The van der Waals surface area contributed by atoms with Crippen LogP contribution in [0.15, 0.2) is 78.5 Å². The van der Waals surface area contributed by atoms with Crippen LogP contribution in [0.25, 0.3) is 11.0 Å². The predicted octanol–water partition coefficient (Wildman–Crippen LogP) is 4.05. The van der Waals surface area contributed by atoms with Gasteiger partial charge in [0.25, 0.3) is 0 Å². The fraction of sp³-hybridized carbons (Fsp3) is 0.143. The average Bonchev–Trinajstić information content (AvgIpc) is 3.03. The lowest BCUT2D eigenvalue weighted by atomic mass is 9.95. The Hall–Kier alpha value is -3.34.